The second kappa shape index (κ2) is 56.7. The minimum atomic E-state index is 0.0133. The van der Waals surface area contributed by atoms with Gasteiger partial charge in [0.25, 0.3) is 0 Å². The molecule has 1 aliphatic carbocycles. The molecule has 0 aromatic heterocycles. The molecule has 4 unspecified atom stereocenters. The molecule has 0 aromatic rings. The predicted octanol–water partition coefficient (Wildman–Crippen LogP) is 24.3. The van der Waals surface area contributed by atoms with Crippen LogP contribution in [-0.2, 0) is 19.1 Å². The summed E-state index contributed by atoms with van der Waals surface area (Å²) in [4.78, 5) is 24.9. The molecule has 0 spiro atoms. The molecule has 4 nitrogen and oxygen atoms in total. The van der Waals surface area contributed by atoms with Crippen LogP contribution in [0.5, 0.6) is 0 Å². The van der Waals surface area contributed by atoms with Gasteiger partial charge in [0.15, 0.2) is 0 Å². The van der Waals surface area contributed by atoms with Crippen molar-refractivity contribution in [3.63, 3.8) is 0 Å². The van der Waals surface area contributed by atoms with Crippen molar-refractivity contribution >= 4 is 11.9 Å². The van der Waals surface area contributed by atoms with E-state index in [-0.39, 0.29) is 11.9 Å². The molecule has 4 atom stereocenters. The maximum Gasteiger partial charge on any atom is 0.305 e. The first-order valence-corrected chi connectivity index (χ1v) is 34.9. The number of hydrogen-bond donors (Lipinski definition) is 0. The number of allylic oxidation sites excluding steroid dienone is 4. The first-order chi connectivity index (χ1) is 37.3. The molecule has 0 saturated carbocycles. The van der Waals surface area contributed by atoms with E-state index < -0.39 is 0 Å². The van der Waals surface area contributed by atoms with Gasteiger partial charge in [-0.25, -0.2) is 0 Å². The molecule has 0 radical (unpaired) electrons. The Kier molecular flexibility index (Phi) is 54.0. The van der Waals surface area contributed by atoms with Crippen molar-refractivity contribution in [2.24, 2.45) is 35.5 Å². The molecule has 4 heteroatoms. The van der Waals surface area contributed by atoms with Crippen molar-refractivity contribution in [2.45, 2.75) is 375 Å². The molecule has 0 N–H and O–H groups in total. The van der Waals surface area contributed by atoms with Gasteiger partial charge in [0.2, 0.25) is 0 Å². The Morgan fingerprint density at radius 1 is 0.368 bits per heavy atom. The quantitative estimate of drug-likeness (QED) is 0.0346. The lowest BCUT2D eigenvalue weighted by molar-refractivity contribution is -0.144. The normalized spacial score (nSPS) is 16.7. The van der Waals surface area contributed by atoms with Crippen molar-refractivity contribution in [1.82, 2.24) is 0 Å². The molecule has 448 valence electrons. The highest BCUT2D eigenvalue weighted by molar-refractivity contribution is 5.69. The van der Waals surface area contributed by atoms with Crippen LogP contribution in [0.15, 0.2) is 24.3 Å². The molecule has 0 fully saturated rings. The molecule has 76 heavy (non-hydrogen) atoms. The van der Waals surface area contributed by atoms with Crippen LogP contribution in [-0.4, -0.2) is 25.2 Å². The SMILES string of the molecule is CCCCCCC1C=CC(CCCCCCCC(=O)OCCCCCCCCCCCCCCCC(C)C)C(C=CCCCCCCCC(=O)OCCCCCCCCCCCCCCCC(C)C)C1CCCCCC. The van der Waals surface area contributed by atoms with Gasteiger partial charge in [-0.2, -0.15) is 0 Å². The minimum Gasteiger partial charge on any atom is -0.466 e. The second-order valence-corrected chi connectivity index (χ2v) is 25.7. The number of rotatable bonds is 59. The minimum absolute atomic E-state index is 0.0133. The highest BCUT2D eigenvalue weighted by atomic mass is 16.5. The van der Waals surface area contributed by atoms with Crippen LogP contribution in [0, 0.1) is 35.5 Å². The van der Waals surface area contributed by atoms with Crippen LogP contribution in [0.3, 0.4) is 0 Å². The van der Waals surface area contributed by atoms with E-state index in [0.29, 0.717) is 37.9 Å². The lowest BCUT2D eigenvalue weighted by Crippen LogP contribution is -2.30. The zero-order valence-corrected chi connectivity index (χ0v) is 52.6. The lowest BCUT2D eigenvalue weighted by atomic mass is 9.66. The van der Waals surface area contributed by atoms with Crippen LogP contribution in [0.1, 0.15) is 375 Å². The zero-order chi connectivity index (χ0) is 55.0. The summed E-state index contributed by atoms with van der Waals surface area (Å²) in [5.41, 5.74) is 0. The van der Waals surface area contributed by atoms with Crippen molar-refractivity contribution < 1.29 is 19.1 Å². The smallest absolute Gasteiger partial charge is 0.305 e. The third-order valence-corrected chi connectivity index (χ3v) is 17.3. The number of carbonyl (C=O) groups is 2. The fraction of sp³-hybridized carbons (Fsp3) is 0.917. The Balaban J connectivity index is 2.30. The van der Waals surface area contributed by atoms with E-state index in [0.717, 1.165) is 62.2 Å². The van der Waals surface area contributed by atoms with Gasteiger partial charge in [0.1, 0.15) is 0 Å². The zero-order valence-electron chi connectivity index (χ0n) is 52.6. The number of hydrogen-bond acceptors (Lipinski definition) is 4. The third kappa shape index (κ3) is 48.3. The topological polar surface area (TPSA) is 52.6 Å². The Morgan fingerprint density at radius 3 is 1.09 bits per heavy atom. The van der Waals surface area contributed by atoms with Crippen molar-refractivity contribution in [1.29, 1.82) is 0 Å². The Bertz CT molecular complexity index is 1270. The van der Waals surface area contributed by atoms with E-state index in [1.807, 2.05) is 0 Å². The third-order valence-electron chi connectivity index (χ3n) is 17.3. The van der Waals surface area contributed by atoms with E-state index in [4.69, 9.17) is 9.47 Å². The number of esters is 2. The van der Waals surface area contributed by atoms with Crippen LogP contribution >= 0.6 is 0 Å². The maximum atomic E-state index is 12.5. The molecule has 0 bridgehead atoms. The van der Waals surface area contributed by atoms with Gasteiger partial charge in [-0.15, -0.1) is 0 Å². The summed E-state index contributed by atoms with van der Waals surface area (Å²) in [6.45, 7) is 15.2. The van der Waals surface area contributed by atoms with Gasteiger partial charge in [0, 0.05) is 12.8 Å². The first-order valence-electron chi connectivity index (χ1n) is 34.9. The molecule has 1 rings (SSSR count). The molecule has 0 saturated heterocycles. The number of unbranched alkanes of at least 4 members (excludes halogenated alkanes) is 39. The van der Waals surface area contributed by atoms with Crippen LogP contribution in [0.4, 0.5) is 0 Å². The monoisotopic (exact) mass is 1070 g/mol. The fourth-order valence-electron chi connectivity index (χ4n) is 12.3. The molecule has 1 aliphatic rings. The summed E-state index contributed by atoms with van der Waals surface area (Å²) in [6, 6.07) is 0. The number of ether oxygens (including phenoxy) is 2. The summed E-state index contributed by atoms with van der Waals surface area (Å²) in [5.74, 6) is 4.58. The van der Waals surface area contributed by atoms with Crippen molar-refractivity contribution in [3.05, 3.63) is 24.3 Å². The maximum absolute atomic E-state index is 12.5. The fourth-order valence-corrected chi connectivity index (χ4v) is 12.3. The van der Waals surface area contributed by atoms with Gasteiger partial charge in [0.05, 0.1) is 13.2 Å². The Labute approximate surface area is 477 Å². The summed E-state index contributed by atoms with van der Waals surface area (Å²) < 4.78 is 11.2. The highest BCUT2D eigenvalue weighted by Gasteiger charge is 2.33. The van der Waals surface area contributed by atoms with E-state index in [1.54, 1.807) is 0 Å². The predicted molar refractivity (Wildman–Crippen MR) is 335 cm³/mol. The molecular weight excluding hydrogens is 929 g/mol. The van der Waals surface area contributed by atoms with Crippen LogP contribution in [0.2, 0.25) is 0 Å². The van der Waals surface area contributed by atoms with Gasteiger partial charge >= 0.3 is 11.9 Å². The first kappa shape index (κ1) is 72.4. The van der Waals surface area contributed by atoms with Gasteiger partial charge in [-0.3, -0.25) is 9.59 Å². The highest BCUT2D eigenvalue weighted by Crippen LogP contribution is 2.43. The molecule has 0 amide bonds. The van der Waals surface area contributed by atoms with Crippen molar-refractivity contribution in [3.8, 4) is 0 Å². The Hall–Kier alpha value is -1.58. The van der Waals surface area contributed by atoms with E-state index >= 15 is 0 Å². The lowest BCUT2D eigenvalue weighted by Gasteiger charge is -2.39. The Morgan fingerprint density at radius 2 is 0.684 bits per heavy atom. The molecule has 0 aromatic carbocycles. The van der Waals surface area contributed by atoms with Gasteiger partial charge < -0.3 is 9.47 Å². The molecular formula is C72H136O4. The van der Waals surface area contributed by atoms with E-state index in [2.05, 4.69) is 65.8 Å². The molecule has 0 heterocycles. The largest absolute Gasteiger partial charge is 0.466 e. The van der Waals surface area contributed by atoms with Gasteiger partial charge in [-0.05, 0) is 93.3 Å². The van der Waals surface area contributed by atoms with E-state index in [1.165, 1.54) is 283 Å². The van der Waals surface area contributed by atoms with Crippen molar-refractivity contribution in [2.75, 3.05) is 13.2 Å². The average molecular weight is 1070 g/mol. The van der Waals surface area contributed by atoms with Crippen LogP contribution < -0.4 is 0 Å². The van der Waals surface area contributed by atoms with Gasteiger partial charge in [-0.1, -0.05) is 329 Å². The molecule has 0 aliphatic heterocycles. The standard InChI is InChI=1S/C72H136O4/c1-7-9-11-45-55-67-61-62-68(56-46-37-34-40-50-60-72(74)76-64-52-42-33-26-22-18-14-16-20-24-29-36-44-54-66(5)6)70(69(67)57-47-12-10-8-2)58-48-38-30-27-31-39-49-59-71(73)75-63-51-41-32-25-21-17-13-15-19-23-28-35-43-53-65(3)4/h48,58,61-62,65-70H,7-47,49-57,59-60,63-64H2,1-6H3. The van der Waals surface area contributed by atoms with E-state index in [9.17, 15) is 9.59 Å². The average Bonchev–Trinajstić information content (AvgIpc) is 3.40. The summed E-state index contributed by atoms with van der Waals surface area (Å²) in [7, 11) is 0. The summed E-state index contributed by atoms with van der Waals surface area (Å²) in [5, 5.41) is 0. The summed E-state index contributed by atoms with van der Waals surface area (Å²) >= 11 is 0. The second-order valence-electron chi connectivity index (χ2n) is 25.7. The number of carbonyl (C=O) groups excluding carboxylic acids is 2. The summed E-state index contributed by atoms with van der Waals surface area (Å²) in [6.07, 6.45) is 77.4. The van der Waals surface area contributed by atoms with Crippen LogP contribution in [0.25, 0.3) is 0 Å².